The van der Waals surface area contributed by atoms with Gasteiger partial charge < -0.3 is 14.4 Å². The summed E-state index contributed by atoms with van der Waals surface area (Å²) in [5.41, 5.74) is 2.00. The number of hydrazone groups is 1. The lowest BCUT2D eigenvalue weighted by atomic mass is 10.1. The monoisotopic (exact) mass is 305 g/mol. The second-order valence-electron chi connectivity index (χ2n) is 5.35. The van der Waals surface area contributed by atoms with Gasteiger partial charge in [0.2, 0.25) is 0 Å². The van der Waals surface area contributed by atoms with Crippen molar-refractivity contribution in [1.82, 2.24) is 9.91 Å². The maximum absolute atomic E-state index is 11.5. The lowest BCUT2D eigenvalue weighted by Gasteiger charge is -2.24. The predicted octanol–water partition coefficient (Wildman–Crippen LogP) is 1.21. The number of rotatable bonds is 5. The topological polar surface area (TPSA) is 54.4 Å². The number of morpholine rings is 1. The first-order valence-electron chi connectivity index (χ1n) is 7.37. The molecule has 6 heteroatoms. The molecule has 0 radical (unpaired) electrons. The van der Waals surface area contributed by atoms with Crippen molar-refractivity contribution in [3.05, 3.63) is 29.8 Å². The number of likely N-dealkylation sites (N-methyl/N-ethyl adjacent to an activating group) is 1. The molecule has 2 rings (SSSR count). The van der Waals surface area contributed by atoms with Crippen molar-refractivity contribution in [2.45, 2.75) is 6.92 Å². The van der Waals surface area contributed by atoms with Crippen LogP contribution in [0.1, 0.15) is 12.5 Å². The average Bonchev–Trinajstić information content (AvgIpc) is 2.54. The van der Waals surface area contributed by atoms with E-state index in [2.05, 4.69) is 5.10 Å². The molecule has 0 aromatic heterocycles. The Balaban J connectivity index is 1.93. The van der Waals surface area contributed by atoms with Gasteiger partial charge in [-0.15, -0.1) is 0 Å². The Kier molecular flexibility index (Phi) is 5.77. The molecule has 1 aliphatic heterocycles. The van der Waals surface area contributed by atoms with Crippen LogP contribution in [0.5, 0.6) is 5.75 Å². The van der Waals surface area contributed by atoms with Gasteiger partial charge in [0.1, 0.15) is 5.75 Å². The van der Waals surface area contributed by atoms with Crippen molar-refractivity contribution in [3.8, 4) is 5.75 Å². The van der Waals surface area contributed by atoms with Crippen molar-refractivity contribution in [2.24, 2.45) is 5.10 Å². The lowest BCUT2D eigenvalue weighted by Crippen LogP contribution is -2.33. The molecular formula is C16H23N3O3. The zero-order chi connectivity index (χ0) is 15.9. The fourth-order valence-electron chi connectivity index (χ4n) is 1.99. The van der Waals surface area contributed by atoms with Crippen molar-refractivity contribution >= 4 is 11.6 Å². The van der Waals surface area contributed by atoms with Crippen LogP contribution in [0.25, 0.3) is 0 Å². The minimum atomic E-state index is -0.0610. The molecule has 0 aliphatic carbocycles. The van der Waals surface area contributed by atoms with E-state index in [9.17, 15) is 4.79 Å². The molecule has 1 saturated heterocycles. The van der Waals surface area contributed by atoms with Gasteiger partial charge in [-0.2, -0.15) is 5.10 Å². The summed E-state index contributed by atoms with van der Waals surface area (Å²) in [6.07, 6.45) is 0. The molecule has 0 spiro atoms. The minimum Gasteiger partial charge on any atom is -0.484 e. The van der Waals surface area contributed by atoms with Crippen molar-refractivity contribution in [3.63, 3.8) is 0 Å². The van der Waals surface area contributed by atoms with Gasteiger partial charge in [-0.25, -0.2) is 0 Å². The molecule has 1 aromatic rings. The molecular weight excluding hydrogens is 282 g/mol. The lowest BCUT2D eigenvalue weighted by molar-refractivity contribution is -0.130. The highest BCUT2D eigenvalue weighted by Gasteiger charge is 2.09. The Hall–Kier alpha value is -2.08. The second-order valence-corrected chi connectivity index (χ2v) is 5.35. The molecule has 1 amide bonds. The highest BCUT2D eigenvalue weighted by Crippen LogP contribution is 2.13. The standard InChI is InChI=1S/C16H23N3O3/c1-13(17-19-8-10-21-11-9-19)14-4-6-15(7-5-14)22-12-16(20)18(2)3/h4-7H,8-12H2,1-3H3/b17-13+. The molecule has 0 unspecified atom stereocenters. The summed E-state index contributed by atoms with van der Waals surface area (Å²) >= 11 is 0. The van der Waals surface area contributed by atoms with E-state index in [-0.39, 0.29) is 12.5 Å². The van der Waals surface area contributed by atoms with Gasteiger partial charge >= 0.3 is 0 Å². The fraction of sp³-hybridized carbons (Fsp3) is 0.500. The van der Waals surface area contributed by atoms with Crippen LogP contribution in [0.3, 0.4) is 0 Å². The summed E-state index contributed by atoms with van der Waals surface area (Å²) in [5.74, 6) is 0.618. The van der Waals surface area contributed by atoms with Crippen LogP contribution in [0.15, 0.2) is 29.4 Å². The number of hydrogen-bond acceptors (Lipinski definition) is 5. The van der Waals surface area contributed by atoms with Crippen LogP contribution in [-0.2, 0) is 9.53 Å². The maximum atomic E-state index is 11.5. The minimum absolute atomic E-state index is 0.0488. The summed E-state index contributed by atoms with van der Waals surface area (Å²) < 4.78 is 10.8. The summed E-state index contributed by atoms with van der Waals surface area (Å²) in [5, 5.41) is 6.63. The zero-order valence-electron chi connectivity index (χ0n) is 13.4. The predicted molar refractivity (Wildman–Crippen MR) is 85.2 cm³/mol. The first-order chi connectivity index (χ1) is 10.6. The number of carbonyl (C=O) groups is 1. The van der Waals surface area contributed by atoms with E-state index in [1.807, 2.05) is 36.2 Å². The first-order valence-corrected chi connectivity index (χ1v) is 7.37. The zero-order valence-corrected chi connectivity index (χ0v) is 13.4. The second kappa shape index (κ2) is 7.79. The van der Waals surface area contributed by atoms with Gasteiger partial charge in [0.15, 0.2) is 6.61 Å². The number of ether oxygens (including phenoxy) is 2. The van der Waals surface area contributed by atoms with Crippen molar-refractivity contribution < 1.29 is 14.3 Å². The van der Waals surface area contributed by atoms with Crippen LogP contribution < -0.4 is 4.74 Å². The van der Waals surface area contributed by atoms with E-state index >= 15 is 0 Å². The SMILES string of the molecule is C/C(=N\N1CCOCC1)c1ccc(OCC(=O)N(C)C)cc1. The molecule has 0 N–H and O–H groups in total. The van der Waals surface area contributed by atoms with Gasteiger partial charge in [-0.3, -0.25) is 9.80 Å². The quantitative estimate of drug-likeness (QED) is 0.767. The van der Waals surface area contributed by atoms with Crippen LogP contribution in [0.4, 0.5) is 0 Å². The molecule has 1 aromatic carbocycles. The maximum Gasteiger partial charge on any atom is 0.259 e. The van der Waals surface area contributed by atoms with Gasteiger partial charge in [0, 0.05) is 14.1 Å². The third kappa shape index (κ3) is 4.73. The summed E-state index contributed by atoms with van der Waals surface area (Å²) in [4.78, 5) is 13.0. The highest BCUT2D eigenvalue weighted by atomic mass is 16.5. The molecule has 0 atom stereocenters. The summed E-state index contributed by atoms with van der Waals surface area (Å²) in [7, 11) is 3.42. The molecule has 1 heterocycles. The summed E-state index contributed by atoms with van der Waals surface area (Å²) in [6, 6.07) is 7.62. The van der Waals surface area contributed by atoms with Crippen molar-refractivity contribution in [1.29, 1.82) is 0 Å². The molecule has 6 nitrogen and oxygen atoms in total. The number of amides is 1. The molecule has 0 saturated carbocycles. The van der Waals surface area contributed by atoms with Crippen LogP contribution in [0.2, 0.25) is 0 Å². The largest absolute Gasteiger partial charge is 0.484 e. The Labute approximate surface area is 131 Å². The van der Waals surface area contributed by atoms with E-state index in [0.717, 1.165) is 37.6 Å². The van der Waals surface area contributed by atoms with Gasteiger partial charge in [0.25, 0.3) is 5.91 Å². The molecule has 1 aliphatic rings. The van der Waals surface area contributed by atoms with Crippen LogP contribution in [-0.4, -0.2) is 68.5 Å². The Morgan fingerprint density at radius 1 is 1.27 bits per heavy atom. The Morgan fingerprint density at radius 2 is 1.91 bits per heavy atom. The average molecular weight is 305 g/mol. The normalized spacial score (nSPS) is 15.6. The molecule has 1 fully saturated rings. The Bertz CT molecular complexity index is 520. The molecule has 120 valence electrons. The van der Waals surface area contributed by atoms with E-state index in [1.54, 1.807) is 14.1 Å². The van der Waals surface area contributed by atoms with E-state index in [1.165, 1.54) is 4.90 Å². The fourth-order valence-corrected chi connectivity index (χ4v) is 1.99. The van der Waals surface area contributed by atoms with Crippen molar-refractivity contribution in [2.75, 3.05) is 47.0 Å². The van der Waals surface area contributed by atoms with Gasteiger partial charge in [0.05, 0.1) is 32.0 Å². The van der Waals surface area contributed by atoms with Gasteiger partial charge in [-0.1, -0.05) is 0 Å². The third-order valence-electron chi connectivity index (χ3n) is 3.41. The van der Waals surface area contributed by atoms with E-state index in [0.29, 0.717) is 5.75 Å². The Morgan fingerprint density at radius 3 is 2.50 bits per heavy atom. The number of hydrogen-bond donors (Lipinski definition) is 0. The number of benzene rings is 1. The van der Waals surface area contributed by atoms with E-state index in [4.69, 9.17) is 9.47 Å². The molecule has 22 heavy (non-hydrogen) atoms. The smallest absolute Gasteiger partial charge is 0.259 e. The molecule has 0 bridgehead atoms. The third-order valence-corrected chi connectivity index (χ3v) is 3.41. The van der Waals surface area contributed by atoms with Crippen LogP contribution >= 0.6 is 0 Å². The number of nitrogens with zero attached hydrogens (tertiary/aromatic N) is 3. The van der Waals surface area contributed by atoms with E-state index < -0.39 is 0 Å². The summed E-state index contributed by atoms with van der Waals surface area (Å²) in [6.45, 7) is 5.14. The van der Waals surface area contributed by atoms with Gasteiger partial charge in [-0.05, 0) is 36.8 Å². The van der Waals surface area contributed by atoms with Crippen LogP contribution in [0, 0.1) is 0 Å². The number of carbonyl (C=O) groups excluding carboxylic acids is 1. The first kappa shape index (κ1) is 16.3. The highest BCUT2D eigenvalue weighted by molar-refractivity contribution is 5.98.